The molecule has 0 radical (unpaired) electrons. The molecular formula is C24H30ClN3O3S. The highest BCUT2D eigenvalue weighted by molar-refractivity contribution is 7.14. The van der Waals surface area contributed by atoms with Crippen molar-refractivity contribution in [2.24, 2.45) is 5.92 Å². The number of carbonyl (C=O) groups is 1. The van der Waals surface area contributed by atoms with Crippen LogP contribution in [-0.2, 0) is 4.79 Å². The smallest absolute Gasteiger partial charge is 0.279 e. The number of nitrogens with zero attached hydrogens (tertiary/aromatic N) is 2. The Bertz CT molecular complexity index is 923. The summed E-state index contributed by atoms with van der Waals surface area (Å²) < 4.78 is 11.6. The molecule has 2 fully saturated rings. The van der Waals surface area contributed by atoms with E-state index in [2.05, 4.69) is 15.2 Å². The second kappa shape index (κ2) is 11.7. The van der Waals surface area contributed by atoms with Crippen LogP contribution in [0.3, 0.4) is 0 Å². The lowest BCUT2D eigenvalue weighted by Crippen LogP contribution is -2.34. The van der Waals surface area contributed by atoms with Gasteiger partial charge in [-0.1, -0.05) is 35.4 Å². The van der Waals surface area contributed by atoms with E-state index in [9.17, 15) is 4.79 Å². The van der Waals surface area contributed by atoms with Gasteiger partial charge in [-0.25, -0.2) is 4.98 Å². The normalized spacial score (nSPS) is 16.9. The predicted molar refractivity (Wildman–Crippen MR) is 129 cm³/mol. The second-order valence-corrected chi connectivity index (χ2v) is 9.77. The zero-order valence-corrected chi connectivity index (χ0v) is 19.8. The van der Waals surface area contributed by atoms with Crippen LogP contribution in [0.1, 0.15) is 43.4 Å². The molecule has 1 amide bonds. The molecule has 1 aromatic carbocycles. The van der Waals surface area contributed by atoms with Crippen molar-refractivity contribution < 1.29 is 14.3 Å². The third-order valence-corrected chi connectivity index (χ3v) is 6.72. The molecule has 2 aromatic rings. The van der Waals surface area contributed by atoms with Crippen LogP contribution >= 0.6 is 22.9 Å². The van der Waals surface area contributed by atoms with Crippen molar-refractivity contribution in [1.29, 1.82) is 0 Å². The number of hydrogen-bond acceptors (Lipinski definition) is 6. The topological polar surface area (TPSA) is 63.7 Å². The summed E-state index contributed by atoms with van der Waals surface area (Å²) in [6.45, 7) is 4.33. The Morgan fingerprint density at radius 2 is 2.12 bits per heavy atom. The van der Waals surface area contributed by atoms with E-state index in [-0.39, 0.29) is 5.91 Å². The molecule has 1 aliphatic carbocycles. The fourth-order valence-corrected chi connectivity index (χ4v) is 4.44. The van der Waals surface area contributed by atoms with E-state index in [0.29, 0.717) is 34.8 Å². The molecule has 1 N–H and O–H groups in total. The highest BCUT2D eigenvalue weighted by Crippen LogP contribution is 2.35. The summed E-state index contributed by atoms with van der Waals surface area (Å²) in [7, 11) is 0. The molecule has 1 aromatic heterocycles. The van der Waals surface area contributed by atoms with Gasteiger partial charge < -0.3 is 19.7 Å². The molecule has 2 heterocycles. The summed E-state index contributed by atoms with van der Waals surface area (Å²) in [5, 5.41) is 3.96. The zero-order valence-electron chi connectivity index (χ0n) is 18.2. The molecule has 6 nitrogen and oxygen atoms in total. The van der Waals surface area contributed by atoms with Crippen molar-refractivity contribution in [1.82, 2.24) is 15.2 Å². The first-order valence-electron chi connectivity index (χ1n) is 11.4. The molecular weight excluding hydrogens is 446 g/mol. The Kier molecular flexibility index (Phi) is 8.42. The summed E-state index contributed by atoms with van der Waals surface area (Å²) in [6, 6.07) is 5.45. The van der Waals surface area contributed by atoms with Gasteiger partial charge in [0.05, 0.1) is 16.5 Å². The monoisotopic (exact) mass is 475 g/mol. The van der Waals surface area contributed by atoms with Gasteiger partial charge >= 0.3 is 0 Å². The molecule has 1 aliphatic heterocycles. The molecule has 1 saturated carbocycles. The molecule has 0 unspecified atom stereocenters. The first-order chi connectivity index (χ1) is 15.7. The Morgan fingerprint density at radius 1 is 1.28 bits per heavy atom. The molecule has 4 rings (SSSR count). The van der Waals surface area contributed by atoms with Crippen molar-refractivity contribution in [3.8, 4) is 16.7 Å². The lowest BCUT2D eigenvalue weighted by atomic mass is 10.1. The average molecular weight is 476 g/mol. The Morgan fingerprint density at radius 3 is 2.91 bits per heavy atom. The third-order valence-electron chi connectivity index (χ3n) is 5.59. The number of amides is 1. The van der Waals surface area contributed by atoms with E-state index in [0.717, 1.165) is 36.9 Å². The molecule has 0 atom stereocenters. The third kappa shape index (κ3) is 7.50. The highest BCUT2D eigenvalue weighted by Gasteiger charge is 2.22. The van der Waals surface area contributed by atoms with Gasteiger partial charge in [-0.3, -0.25) is 4.79 Å². The predicted octanol–water partition coefficient (Wildman–Crippen LogP) is 5.38. The van der Waals surface area contributed by atoms with Crippen LogP contribution in [-0.4, -0.2) is 48.6 Å². The second-order valence-electron chi connectivity index (χ2n) is 8.34. The van der Waals surface area contributed by atoms with Gasteiger partial charge in [-0.15, -0.1) is 0 Å². The van der Waals surface area contributed by atoms with Crippen LogP contribution in [0.5, 0.6) is 16.7 Å². The largest absolute Gasteiger partial charge is 0.493 e. The molecule has 0 bridgehead atoms. The fourth-order valence-electron chi connectivity index (χ4n) is 3.52. The number of rotatable bonds is 11. The molecule has 1 saturated heterocycles. The first-order valence-corrected chi connectivity index (χ1v) is 12.6. The van der Waals surface area contributed by atoms with E-state index >= 15 is 0 Å². The Balaban J connectivity index is 1.18. The minimum Gasteiger partial charge on any atom is -0.493 e. The van der Waals surface area contributed by atoms with Crippen molar-refractivity contribution in [3.63, 3.8) is 0 Å². The lowest BCUT2D eigenvalue weighted by molar-refractivity contribution is -0.121. The molecule has 0 spiro atoms. The number of likely N-dealkylation sites (tertiary alicyclic amines) is 1. The van der Waals surface area contributed by atoms with Crippen LogP contribution in [0.4, 0.5) is 0 Å². The van der Waals surface area contributed by atoms with Crippen molar-refractivity contribution in [3.05, 3.63) is 40.4 Å². The summed E-state index contributed by atoms with van der Waals surface area (Å²) in [6.07, 6.45) is 12.5. The van der Waals surface area contributed by atoms with Gasteiger partial charge in [0.1, 0.15) is 11.5 Å². The van der Waals surface area contributed by atoms with Crippen LogP contribution in [0.15, 0.2) is 30.5 Å². The zero-order chi connectivity index (χ0) is 22.2. The quantitative estimate of drug-likeness (QED) is 0.472. The van der Waals surface area contributed by atoms with Crippen LogP contribution < -0.4 is 14.8 Å². The van der Waals surface area contributed by atoms with Gasteiger partial charge in [0, 0.05) is 31.8 Å². The Labute approximate surface area is 198 Å². The first kappa shape index (κ1) is 23.1. The number of piperidine rings is 1. The number of hydrogen-bond donors (Lipinski definition) is 1. The number of ether oxygens (including phenoxy) is 2. The van der Waals surface area contributed by atoms with Crippen molar-refractivity contribution in [2.45, 2.75) is 38.5 Å². The molecule has 172 valence electrons. The number of thiazole rings is 1. The van der Waals surface area contributed by atoms with E-state index < -0.39 is 0 Å². The van der Waals surface area contributed by atoms with Gasteiger partial charge in [-0.2, -0.15) is 0 Å². The van der Waals surface area contributed by atoms with E-state index in [1.54, 1.807) is 18.3 Å². The van der Waals surface area contributed by atoms with Gasteiger partial charge in [0.15, 0.2) is 0 Å². The summed E-state index contributed by atoms with van der Waals surface area (Å²) in [4.78, 5) is 19.6. The molecule has 32 heavy (non-hydrogen) atoms. The fraction of sp³-hybridized carbons (Fsp3) is 0.500. The standard InChI is InChI=1S/C24H30ClN3O3S/c25-21-15-19(30-17-18-6-7-18)8-9-22(21)31-24-27-16-20(32-24)5-4-11-26-23(29)10-14-28-12-2-1-3-13-28/h4-5,8-9,15-16,18H,1-3,6-7,10-14,17H2,(H,26,29)/b5-4+. The summed E-state index contributed by atoms with van der Waals surface area (Å²) >= 11 is 7.76. The van der Waals surface area contributed by atoms with E-state index in [1.165, 1.54) is 43.4 Å². The SMILES string of the molecule is O=C(CCN1CCCCC1)NC/C=C/c1cnc(Oc2ccc(OCC3CC3)cc2Cl)s1. The minimum atomic E-state index is 0.0905. The van der Waals surface area contributed by atoms with Crippen LogP contribution in [0.25, 0.3) is 6.08 Å². The van der Waals surface area contributed by atoms with E-state index in [4.69, 9.17) is 21.1 Å². The van der Waals surface area contributed by atoms with Gasteiger partial charge in [-0.05, 0) is 62.9 Å². The lowest BCUT2D eigenvalue weighted by Gasteiger charge is -2.25. The maximum absolute atomic E-state index is 12.0. The van der Waals surface area contributed by atoms with E-state index in [1.807, 2.05) is 18.2 Å². The number of nitrogens with one attached hydrogen (secondary N) is 1. The van der Waals surface area contributed by atoms with Crippen LogP contribution in [0.2, 0.25) is 5.02 Å². The summed E-state index contributed by atoms with van der Waals surface area (Å²) in [5.74, 6) is 2.10. The minimum absolute atomic E-state index is 0.0905. The van der Waals surface area contributed by atoms with Crippen molar-refractivity contribution >= 4 is 34.9 Å². The maximum atomic E-state index is 12.0. The van der Waals surface area contributed by atoms with Crippen molar-refractivity contribution in [2.75, 3.05) is 32.8 Å². The van der Waals surface area contributed by atoms with Gasteiger partial charge in [0.2, 0.25) is 5.91 Å². The van der Waals surface area contributed by atoms with Crippen LogP contribution in [0, 0.1) is 5.92 Å². The highest BCUT2D eigenvalue weighted by atomic mass is 35.5. The average Bonchev–Trinajstić information content (AvgIpc) is 3.54. The Hall–Kier alpha value is -2.09. The summed E-state index contributed by atoms with van der Waals surface area (Å²) in [5.41, 5.74) is 0. The number of benzene rings is 1. The number of aromatic nitrogens is 1. The molecule has 8 heteroatoms. The number of carbonyl (C=O) groups excluding carboxylic acids is 1. The maximum Gasteiger partial charge on any atom is 0.279 e. The molecule has 2 aliphatic rings. The number of halogens is 1. The van der Waals surface area contributed by atoms with Gasteiger partial charge in [0.25, 0.3) is 5.19 Å².